The van der Waals surface area contributed by atoms with E-state index in [4.69, 9.17) is 0 Å². The molecule has 3 nitrogen and oxygen atoms in total. The third-order valence-corrected chi connectivity index (χ3v) is 5.20. The Balaban J connectivity index is 3.35. The summed E-state index contributed by atoms with van der Waals surface area (Å²) in [6.45, 7) is 12.6. The molecule has 0 saturated carbocycles. The van der Waals surface area contributed by atoms with Gasteiger partial charge in [-0.15, -0.1) is 0 Å². The van der Waals surface area contributed by atoms with Gasteiger partial charge in [0.15, 0.2) is 0 Å². The highest BCUT2D eigenvalue weighted by atomic mass is 16.4. The molecular formula is C19H31NO2. The number of carboxylic acid groups (broad SMARTS) is 1. The lowest BCUT2D eigenvalue weighted by Crippen LogP contribution is -2.50. The topological polar surface area (TPSA) is 40.5 Å². The summed E-state index contributed by atoms with van der Waals surface area (Å²) in [5.41, 5.74) is 0.610. The minimum atomic E-state index is -0.721. The number of carboxylic acids is 1. The van der Waals surface area contributed by atoms with Gasteiger partial charge in [-0.05, 0) is 31.5 Å². The quantitative estimate of drug-likeness (QED) is 0.735. The third kappa shape index (κ3) is 3.70. The Kier molecular flexibility index (Phi) is 7.08. The number of carbonyl (C=O) groups is 1. The first-order valence-corrected chi connectivity index (χ1v) is 8.47. The van der Waals surface area contributed by atoms with Crippen molar-refractivity contribution in [2.24, 2.45) is 5.41 Å². The van der Waals surface area contributed by atoms with Gasteiger partial charge < -0.3 is 10.0 Å². The van der Waals surface area contributed by atoms with Gasteiger partial charge in [0.25, 0.3) is 0 Å². The molecule has 0 aliphatic carbocycles. The van der Waals surface area contributed by atoms with Gasteiger partial charge in [0, 0.05) is 11.5 Å². The standard InChI is InChI=1S/C19H31NO2/c1-6-16(20(8-3)9-4)19(5,7-2)17(18(21)22)15-13-11-10-12-14-15/h10-14,16-17H,6-9H2,1-5H3,(H,21,22). The maximum Gasteiger partial charge on any atom is 0.311 e. The van der Waals surface area contributed by atoms with Crippen molar-refractivity contribution in [3.05, 3.63) is 35.9 Å². The molecule has 22 heavy (non-hydrogen) atoms. The summed E-state index contributed by atoms with van der Waals surface area (Å²) < 4.78 is 0. The zero-order chi connectivity index (χ0) is 16.8. The normalized spacial score (nSPS) is 17.0. The van der Waals surface area contributed by atoms with E-state index in [1.807, 2.05) is 30.3 Å². The van der Waals surface area contributed by atoms with Crippen molar-refractivity contribution in [2.45, 2.75) is 59.4 Å². The molecule has 0 aliphatic heterocycles. The molecule has 3 atom stereocenters. The molecule has 1 aromatic carbocycles. The zero-order valence-electron chi connectivity index (χ0n) is 14.7. The number of nitrogens with zero attached hydrogens (tertiary/aromatic N) is 1. The van der Waals surface area contributed by atoms with Crippen LogP contribution in [0.25, 0.3) is 0 Å². The second kappa shape index (κ2) is 8.33. The van der Waals surface area contributed by atoms with Gasteiger partial charge >= 0.3 is 5.97 Å². The minimum Gasteiger partial charge on any atom is -0.481 e. The summed E-state index contributed by atoms with van der Waals surface area (Å²) in [4.78, 5) is 14.5. The first kappa shape index (κ1) is 18.7. The van der Waals surface area contributed by atoms with Gasteiger partial charge in [0.1, 0.15) is 0 Å². The minimum absolute atomic E-state index is 0.258. The molecule has 124 valence electrons. The predicted molar refractivity (Wildman–Crippen MR) is 92.2 cm³/mol. The van der Waals surface area contributed by atoms with Gasteiger partial charge in [-0.25, -0.2) is 0 Å². The monoisotopic (exact) mass is 305 g/mol. The smallest absolute Gasteiger partial charge is 0.311 e. The first-order valence-electron chi connectivity index (χ1n) is 8.47. The Morgan fingerprint density at radius 1 is 1.14 bits per heavy atom. The van der Waals surface area contributed by atoms with Crippen LogP contribution in [-0.4, -0.2) is 35.1 Å². The maximum absolute atomic E-state index is 12.1. The van der Waals surface area contributed by atoms with Crippen LogP contribution >= 0.6 is 0 Å². The lowest BCUT2D eigenvalue weighted by atomic mass is 9.65. The SMILES string of the molecule is CCC(N(CC)CC)C(C)(CC)C(C(=O)O)c1ccccc1. The number of benzene rings is 1. The van der Waals surface area contributed by atoms with Gasteiger partial charge in [-0.1, -0.05) is 65.0 Å². The molecule has 0 fully saturated rings. The summed E-state index contributed by atoms with van der Waals surface area (Å²) in [7, 11) is 0. The number of hydrogen-bond acceptors (Lipinski definition) is 2. The first-order chi connectivity index (χ1) is 10.5. The molecule has 0 amide bonds. The fourth-order valence-corrected chi connectivity index (χ4v) is 3.89. The van der Waals surface area contributed by atoms with E-state index in [9.17, 15) is 9.90 Å². The summed E-state index contributed by atoms with van der Waals surface area (Å²) in [6, 6.07) is 9.95. The van der Waals surface area contributed by atoms with Gasteiger partial charge in [0.05, 0.1) is 5.92 Å². The molecule has 0 heterocycles. The van der Waals surface area contributed by atoms with Crippen LogP contribution in [0.2, 0.25) is 0 Å². The van der Waals surface area contributed by atoms with Gasteiger partial charge in [-0.2, -0.15) is 0 Å². The van der Waals surface area contributed by atoms with E-state index in [2.05, 4.69) is 39.5 Å². The fraction of sp³-hybridized carbons (Fsp3) is 0.632. The van der Waals surface area contributed by atoms with Crippen LogP contribution in [0.1, 0.15) is 58.9 Å². The summed E-state index contributed by atoms with van der Waals surface area (Å²) in [5.74, 6) is -1.20. The van der Waals surface area contributed by atoms with Crippen molar-refractivity contribution < 1.29 is 9.90 Å². The van der Waals surface area contributed by atoms with Crippen LogP contribution in [0.3, 0.4) is 0 Å². The highest BCUT2D eigenvalue weighted by molar-refractivity contribution is 5.77. The van der Waals surface area contributed by atoms with Crippen molar-refractivity contribution >= 4 is 5.97 Å². The van der Waals surface area contributed by atoms with Crippen LogP contribution in [-0.2, 0) is 4.79 Å². The van der Waals surface area contributed by atoms with Crippen LogP contribution in [0.15, 0.2) is 30.3 Å². The van der Waals surface area contributed by atoms with E-state index in [0.29, 0.717) is 0 Å². The molecule has 1 aromatic rings. The van der Waals surface area contributed by atoms with E-state index in [-0.39, 0.29) is 11.5 Å². The predicted octanol–water partition coefficient (Wildman–Crippen LogP) is 4.39. The molecule has 1 rings (SSSR count). The van der Waals surface area contributed by atoms with E-state index in [1.165, 1.54) is 0 Å². The maximum atomic E-state index is 12.1. The highest BCUT2D eigenvalue weighted by Crippen LogP contribution is 2.45. The van der Waals surface area contributed by atoms with Crippen molar-refractivity contribution in [3.63, 3.8) is 0 Å². The van der Waals surface area contributed by atoms with Crippen molar-refractivity contribution in [3.8, 4) is 0 Å². The second-order valence-electron chi connectivity index (χ2n) is 6.19. The molecule has 0 saturated heterocycles. The van der Waals surface area contributed by atoms with E-state index >= 15 is 0 Å². The average Bonchev–Trinajstić information content (AvgIpc) is 2.52. The molecule has 0 aromatic heterocycles. The average molecular weight is 305 g/mol. The molecule has 0 bridgehead atoms. The Labute approximate surface area is 135 Å². The Bertz CT molecular complexity index is 456. The number of rotatable bonds is 9. The Hall–Kier alpha value is -1.35. The van der Waals surface area contributed by atoms with Crippen LogP contribution < -0.4 is 0 Å². The van der Waals surface area contributed by atoms with E-state index in [1.54, 1.807) is 0 Å². The highest BCUT2D eigenvalue weighted by Gasteiger charge is 2.45. The zero-order valence-corrected chi connectivity index (χ0v) is 14.7. The van der Waals surface area contributed by atoms with Crippen LogP contribution in [0.5, 0.6) is 0 Å². The van der Waals surface area contributed by atoms with Gasteiger partial charge in [-0.3, -0.25) is 4.79 Å². The third-order valence-electron chi connectivity index (χ3n) is 5.20. The molecule has 0 spiro atoms. The van der Waals surface area contributed by atoms with Crippen LogP contribution in [0, 0.1) is 5.41 Å². The molecule has 3 unspecified atom stereocenters. The van der Waals surface area contributed by atoms with Crippen molar-refractivity contribution in [1.82, 2.24) is 4.90 Å². The lowest BCUT2D eigenvalue weighted by Gasteiger charge is -2.46. The Morgan fingerprint density at radius 2 is 1.68 bits per heavy atom. The molecular weight excluding hydrogens is 274 g/mol. The second-order valence-corrected chi connectivity index (χ2v) is 6.19. The molecule has 1 N–H and O–H groups in total. The van der Waals surface area contributed by atoms with Crippen molar-refractivity contribution in [2.75, 3.05) is 13.1 Å². The Morgan fingerprint density at radius 3 is 2.05 bits per heavy atom. The number of aliphatic carboxylic acids is 1. The largest absolute Gasteiger partial charge is 0.481 e. The fourth-order valence-electron chi connectivity index (χ4n) is 3.89. The van der Waals surface area contributed by atoms with Gasteiger partial charge in [0.2, 0.25) is 0 Å². The van der Waals surface area contributed by atoms with Crippen LogP contribution in [0.4, 0.5) is 0 Å². The van der Waals surface area contributed by atoms with Crippen molar-refractivity contribution in [1.29, 1.82) is 0 Å². The molecule has 0 aliphatic rings. The molecule has 3 heteroatoms. The summed E-state index contributed by atoms with van der Waals surface area (Å²) in [5, 5.41) is 9.95. The van der Waals surface area contributed by atoms with E-state index < -0.39 is 11.9 Å². The number of hydrogen-bond donors (Lipinski definition) is 1. The van der Waals surface area contributed by atoms with E-state index in [0.717, 1.165) is 31.5 Å². The molecule has 0 radical (unpaired) electrons. The lowest BCUT2D eigenvalue weighted by molar-refractivity contribution is -0.144. The summed E-state index contributed by atoms with van der Waals surface area (Å²) in [6.07, 6.45) is 1.80. The summed E-state index contributed by atoms with van der Waals surface area (Å²) >= 11 is 0.